The van der Waals surface area contributed by atoms with Gasteiger partial charge < -0.3 is 5.32 Å². The van der Waals surface area contributed by atoms with Crippen LogP contribution in [0.1, 0.15) is 24.0 Å². The van der Waals surface area contributed by atoms with Gasteiger partial charge in [-0.05, 0) is 43.0 Å². The molecule has 0 saturated heterocycles. The van der Waals surface area contributed by atoms with Crippen molar-refractivity contribution in [3.05, 3.63) is 34.2 Å². The summed E-state index contributed by atoms with van der Waals surface area (Å²) in [5.41, 5.74) is 1.81. The van der Waals surface area contributed by atoms with Gasteiger partial charge in [0.1, 0.15) is 0 Å². The van der Waals surface area contributed by atoms with Crippen LogP contribution < -0.4 is 5.32 Å². The van der Waals surface area contributed by atoms with Crippen LogP contribution in [0, 0.1) is 6.92 Å². The zero-order valence-electron chi connectivity index (χ0n) is 9.73. The van der Waals surface area contributed by atoms with Crippen molar-refractivity contribution < 1.29 is 8.42 Å². The van der Waals surface area contributed by atoms with Gasteiger partial charge in [0.2, 0.25) is 9.84 Å². The summed E-state index contributed by atoms with van der Waals surface area (Å²) in [4.78, 5) is 0.968. The topological polar surface area (TPSA) is 46.2 Å². The van der Waals surface area contributed by atoms with Gasteiger partial charge in [-0.15, -0.1) is 0 Å². The maximum absolute atomic E-state index is 12.3. The summed E-state index contributed by atoms with van der Waals surface area (Å²) in [6, 6.07) is 6.11. The third kappa shape index (κ3) is 1.91. The predicted octanol–water partition coefficient (Wildman–Crippen LogP) is 1.88. The van der Waals surface area contributed by atoms with Crippen LogP contribution in [0.2, 0.25) is 0 Å². The first-order valence-corrected chi connectivity index (χ1v) is 7.35. The van der Waals surface area contributed by atoms with Crippen LogP contribution in [0.3, 0.4) is 0 Å². The Morgan fingerprint density at radius 1 is 1.35 bits per heavy atom. The van der Waals surface area contributed by atoms with E-state index in [1.54, 1.807) is 12.1 Å². The molecule has 1 saturated carbocycles. The number of nitrogens with one attached hydrogen (secondary N) is 1. The van der Waals surface area contributed by atoms with Crippen LogP contribution in [0.15, 0.2) is 28.0 Å². The summed E-state index contributed by atoms with van der Waals surface area (Å²) in [5.74, 6) is 0. The predicted molar refractivity (Wildman–Crippen MR) is 67.4 cm³/mol. The first-order valence-electron chi connectivity index (χ1n) is 5.87. The van der Waals surface area contributed by atoms with Crippen LogP contribution in [0.25, 0.3) is 6.08 Å². The molecule has 0 unspecified atom stereocenters. The minimum atomic E-state index is -3.24. The first kappa shape index (κ1) is 11.0. The molecule has 1 aromatic carbocycles. The second kappa shape index (κ2) is 3.68. The van der Waals surface area contributed by atoms with Crippen molar-refractivity contribution in [2.45, 2.75) is 30.7 Å². The van der Waals surface area contributed by atoms with E-state index in [-0.39, 0.29) is 0 Å². The summed E-state index contributed by atoms with van der Waals surface area (Å²) in [6.07, 6.45) is 4.12. The Balaban J connectivity index is 1.93. The fraction of sp³-hybridized carbons (Fsp3) is 0.385. The molecule has 0 aromatic heterocycles. The normalized spacial score (nSPS) is 21.1. The summed E-state index contributed by atoms with van der Waals surface area (Å²) in [5, 5.41) is 3.26. The van der Waals surface area contributed by atoms with E-state index in [1.807, 2.05) is 19.1 Å². The molecule has 3 nitrogen and oxygen atoms in total. The van der Waals surface area contributed by atoms with Gasteiger partial charge in [0, 0.05) is 12.6 Å². The SMILES string of the molecule is Cc1ccc2c(c1)S(=O)(=O)C(CNC1CC1)=C2. The molecule has 90 valence electrons. The van der Waals surface area contributed by atoms with Gasteiger partial charge in [-0.25, -0.2) is 8.42 Å². The number of hydrogen-bond acceptors (Lipinski definition) is 3. The Labute approximate surface area is 101 Å². The van der Waals surface area contributed by atoms with Crippen molar-refractivity contribution in [2.24, 2.45) is 0 Å². The van der Waals surface area contributed by atoms with Crippen molar-refractivity contribution in [3.8, 4) is 0 Å². The van der Waals surface area contributed by atoms with Crippen LogP contribution >= 0.6 is 0 Å². The first-order chi connectivity index (χ1) is 8.07. The maximum Gasteiger partial charge on any atom is 0.204 e. The molecule has 0 amide bonds. The molecular weight excluding hydrogens is 234 g/mol. The van der Waals surface area contributed by atoms with E-state index < -0.39 is 9.84 Å². The molecule has 3 rings (SSSR count). The van der Waals surface area contributed by atoms with Crippen molar-refractivity contribution in [2.75, 3.05) is 6.54 Å². The van der Waals surface area contributed by atoms with E-state index >= 15 is 0 Å². The average molecular weight is 249 g/mol. The summed E-state index contributed by atoms with van der Waals surface area (Å²) >= 11 is 0. The number of aryl methyl sites for hydroxylation is 1. The van der Waals surface area contributed by atoms with E-state index in [1.165, 1.54) is 12.8 Å². The zero-order valence-corrected chi connectivity index (χ0v) is 10.5. The van der Waals surface area contributed by atoms with E-state index in [2.05, 4.69) is 5.32 Å². The van der Waals surface area contributed by atoms with Gasteiger partial charge in [0.05, 0.1) is 9.80 Å². The lowest BCUT2D eigenvalue weighted by Crippen LogP contribution is -2.21. The highest BCUT2D eigenvalue weighted by Gasteiger charge is 2.30. The fourth-order valence-corrected chi connectivity index (χ4v) is 3.68. The van der Waals surface area contributed by atoms with Gasteiger partial charge in [0.15, 0.2) is 0 Å². The number of hydrogen-bond donors (Lipinski definition) is 1. The Bertz CT molecular complexity index is 598. The molecule has 4 heteroatoms. The van der Waals surface area contributed by atoms with Crippen molar-refractivity contribution in [3.63, 3.8) is 0 Å². The molecule has 0 bridgehead atoms. The highest BCUT2D eigenvalue weighted by molar-refractivity contribution is 7.95. The molecule has 0 radical (unpaired) electrons. The number of benzene rings is 1. The molecule has 1 fully saturated rings. The molecule has 1 aromatic rings. The largest absolute Gasteiger partial charge is 0.309 e. The van der Waals surface area contributed by atoms with Crippen molar-refractivity contribution in [1.82, 2.24) is 5.32 Å². The lowest BCUT2D eigenvalue weighted by atomic mass is 10.1. The van der Waals surface area contributed by atoms with E-state index in [0.717, 1.165) is 11.1 Å². The molecule has 0 spiro atoms. The Hall–Kier alpha value is -1.13. The number of rotatable bonds is 3. The molecule has 1 heterocycles. The number of fused-ring (bicyclic) bond motifs is 1. The van der Waals surface area contributed by atoms with E-state index in [4.69, 9.17) is 0 Å². The van der Waals surface area contributed by atoms with Gasteiger partial charge in [-0.1, -0.05) is 12.1 Å². The smallest absolute Gasteiger partial charge is 0.204 e. The molecule has 1 aliphatic heterocycles. The minimum absolute atomic E-state index is 0.459. The van der Waals surface area contributed by atoms with E-state index in [9.17, 15) is 8.42 Å². The van der Waals surface area contributed by atoms with Crippen LogP contribution in [-0.2, 0) is 9.84 Å². The van der Waals surface area contributed by atoms with Gasteiger partial charge >= 0.3 is 0 Å². The minimum Gasteiger partial charge on any atom is -0.309 e. The van der Waals surface area contributed by atoms with Crippen LogP contribution in [0.4, 0.5) is 0 Å². The lowest BCUT2D eigenvalue weighted by molar-refractivity contribution is 0.600. The Morgan fingerprint density at radius 2 is 2.12 bits per heavy atom. The Morgan fingerprint density at radius 3 is 2.82 bits per heavy atom. The second-order valence-electron chi connectivity index (χ2n) is 4.81. The van der Waals surface area contributed by atoms with E-state index in [0.29, 0.717) is 22.4 Å². The van der Waals surface area contributed by atoms with Crippen molar-refractivity contribution >= 4 is 15.9 Å². The molecule has 17 heavy (non-hydrogen) atoms. The second-order valence-corrected chi connectivity index (χ2v) is 6.78. The lowest BCUT2D eigenvalue weighted by Gasteiger charge is -2.05. The monoisotopic (exact) mass is 249 g/mol. The molecular formula is C13H15NO2S. The third-order valence-electron chi connectivity index (χ3n) is 3.26. The van der Waals surface area contributed by atoms with Crippen LogP contribution in [0.5, 0.6) is 0 Å². The van der Waals surface area contributed by atoms with Gasteiger partial charge in [-0.3, -0.25) is 0 Å². The number of sulfone groups is 1. The Kier molecular flexibility index (Phi) is 2.38. The summed E-state index contributed by atoms with van der Waals surface area (Å²) < 4.78 is 24.5. The van der Waals surface area contributed by atoms with Crippen LogP contribution in [-0.4, -0.2) is 21.0 Å². The molecule has 0 atom stereocenters. The molecule has 1 aliphatic carbocycles. The average Bonchev–Trinajstić information content (AvgIpc) is 3.05. The zero-order chi connectivity index (χ0) is 12.0. The van der Waals surface area contributed by atoms with Crippen molar-refractivity contribution in [1.29, 1.82) is 0 Å². The third-order valence-corrected chi connectivity index (χ3v) is 5.15. The standard InChI is InChI=1S/C13H15NO2S/c1-9-2-3-10-7-12(8-14-11-4-5-11)17(15,16)13(10)6-9/h2-3,6-7,11,14H,4-5,8H2,1H3. The van der Waals surface area contributed by atoms with Gasteiger partial charge in [-0.2, -0.15) is 0 Å². The molecule has 2 aliphatic rings. The maximum atomic E-state index is 12.3. The van der Waals surface area contributed by atoms with Gasteiger partial charge in [0.25, 0.3) is 0 Å². The fourth-order valence-electron chi connectivity index (χ4n) is 2.06. The quantitative estimate of drug-likeness (QED) is 0.889. The highest BCUT2D eigenvalue weighted by atomic mass is 32.2. The summed E-state index contributed by atoms with van der Waals surface area (Å²) in [6.45, 7) is 2.37. The molecule has 1 N–H and O–H groups in total. The summed E-state index contributed by atoms with van der Waals surface area (Å²) in [7, 11) is -3.24. The highest BCUT2D eigenvalue weighted by Crippen LogP contribution is 2.33.